The van der Waals surface area contributed by atoms with Crippen molar-refractivity contribution >= 4 is 59.7 Å². The number of carbonyl (C=O) groups is 10. The monoisotopic (exact) mass is 1700 g/mol. The number of rotatable bonds is 21. The first-order valence-corrected chi connectivity index (χ1v) is 33.2. The summed E-state index contributed by atoms with van der Waals surface area (Å²) in [6.07, 6.45) is -15.1. The molecule has 1 heterocycles. The van der Waals surface area contributed by atoms with Crippen molar-refractivity contribution in [3.05, 3.63) is 177 Å². The molecule has 0 radical (unpaired) electrons. The molecule has 0 saturated carbocycles. The molecule has 1 fully saturated rings. The summed E-state index contributed by atoms with van der Waals surface area (Å²) in [4.78, 5) is 142. The van der Waals surface area contributed by atoms with Crippen molar-refractivity contribution in [2.24, 2.45) is 0 Å². The lowest BCUT2D eigenvalue weighted by Crippen LogP contribution is -2.63. The molecule has 122 heavy (non-hydrogen) atoms. The van der Waals surface area contributed by atoms with E-state index in [-0.39, 0.29) is 0 Å². The van der Waals surface area contributed by atoms with Gasteiger partial charge >= 0.3 is 59.7 Å². The summed E-state index contributed by atoms with van der Waals surface area (Å²) in [7, 11) is 0. The van der Waals surface area contributed by atoms with E-state index in [1.54, 1.807) is 0 Å². The molecule has 0 bridgehead atoms. The van der Waals surface area contributed by atoms with E-state index in [0.717, 1.165) is 0 Å². The van der Waals surface area contributed by atoms with Gasteiger partial charge in [-0.05, 0) is 121 Å². The first-order valence-electron chi connectivity index (χ1n) is 33.2. The fraction of sp³-hybridized carbons (Fsp3) is 0.0789. The molecule has 0 aliphatic carbocycles. The molecule has 632 valence electrons. The molecule has 0 spiro atoms. The SMILES string of the molecule is O=C(OC[C@H]1OC(OC(=O)c2cc(O)c(O)c(OC(=O)c3cc(O)c(O)c(O)c3)c2)[C@@H](OC(=O)c2cc(O)c(O)c(OC(=O)c3cc(O)c(O)c(O)c3)c2)[C@@H](OC(=O)c2cc(O)c(O)c(OC(=O)c3cc(O)c(O)c(O)c3)c2)[C@H]1OC(=O)c1cc(O)c(O)c(OC(=O)c2cc(O)c(O)c(O)c2)c1)c1cc(O)c(O)c(OC(=O)c2cc(O)c(O)c(O)c2)c1. The molecule has 1 aliphatic rings. The first kappa shape index (κ1) is 84.8. The lowest BCUT2D eigenvalue weighted by molar-refractivity contribution is -0.282. The van der Waals surface area contributed by atoms with E-state index >= 15 is 14.4 Å². The van der Waals surface area contributed by atoms with Gasteiger partial charge < -0.3 is 180 Å². The summed E-state index contributed by atoms with van der Waals surface area (Å²) in [5.41, 5.74) is -9.89. The van der Waals surface area contributed by atoms with Gasteiger partial charge in [-0.25, -0.2) is 47.9 Å². The number of phenolic OH excluding ortho intramolecular Hbond substituents is 25. The van der Waals surface area contributed by atoms with Crippen LogP contribution in [0.5, 0.6) is 172 Å². The lowest BCUT2D eigenvalue weighted by Gasteiger charge is -2.43. The van der Waals surface area contributed by atoms with E-state index in [1.807, 2.05) is 0 Å². The number of phenols is 25. The van der Waals surface area contributed by atoms with Crippen molar-refractivity contribution in [1.82, 2.24) is 0 Å². The van der Waals surface area contributed by atoms with E-state index in [4.69, 9.17) is 52.1 Å². The second-order valence-electron chi connectivity index (χ2n) is 25.1. The normalized spacial score (nSPS) is 14.6. The van der Waals surface area contributed by atoms with E-state index in [2.05, 4.69) is 0 Å². The minimum absolute atomic E-state index is 0.295. The summed E-state index contributed by atoms with van der Waals surface area (Å²) in [6, 6.07) is 8.56. The highest BCUT2D eigenvalue weighted by Crippen LogP contribution is 2.48. The molecule has 25 N–H and O–H groups in total. The summed E-state index contributed by atoms with van der Waals surface area (Å²) in [5, 5.41) is 261. The zero-order chi connectivity index (χ0) is 89.4. The highest BCUT2D eigenvalue weighted by atomic mass is 16.8. The minimum Gasteiger partial charge on any atom is -0.504 e. The van der Waals surface area contributed by atoms with Crippen LogP contribution in [0.2, 0.25) is 0 Å². The van der Waals surface area contributed by atoms with Gasteiger partial charge in [0.2, 0.25) is 41.1 Å². The second kappa shape index (κ2) is 33.4. The molecular formula is C76H52O46. The van der Waals surface area contributed by atoms with Crippen molar-refractivity contribution < 1.29 is 228 Å². The first-order chi connectivity index (χ1) is 57.4. The Kier molecular flexibility index (Phi) is 23.2. The Morgan fingerprint density at radius 1 is 0.205 bits per heavy atom. The standard InChI is InChI=1S/C76H52O46/c77-32-1-22(2-33(78)53(32)92)67(103)113-47-16-27(11-42(87)58(47)97)66(102)112-21-52-63(119-72(108)28-12-43(88)59(98)48(17-28)114-68(104)23-3-34(79)54(93)35(80)4-23)64(120-73(109)29-13-44(89)60(99)49(18-29)115-69(105)24-5-36(81)55(94)37(82)6-24)65(121-74(110)30-14-45(90)61(100)50(19-30)116-70(106)25-7-38(83)56(95)39(84)8-25)76(118-52)122-75(111)31-15-46(91)62(101)51(20-31)117-71(107)26-9-40(85)57(96)41(86)10-26/h1-20,52,63-65,76-101H,21H2/t52-,63+,64+,65+,76?/m1/s1. The predicted octanol–water partition coefficient (Wildman–Crippen LogP) is 4.84. The van der Waals surface area contributed by atoms with E-state index in [0.29, 0.717) is 121 Å². The average molecular weight is 1700 g/mol. The van der Waals surface area contributed by atoms with E-state index in [9.17, 15) is 161 Å². The topological polar surface area (TPSA) is 778 Å². The van der Waals surface area contributed by atoms with Gasteiger partial charge in [-0.3, -0.25) is 0 Å². The fourth-order valence-corrected chi connectivity index (χ4v) is 10.8. The van der Waals surface area contributed by atoms with Crippen LogP contribution in [0, 0.1) is 0 Å². The smallest absolute Gasteiger partial charge is 0.343 e. The van der Waals surface area contributed by atoms with Crippen molar-refractivity contribution in [2.45, 2.75) is 30.7 Å². The van der Waals surface area contributed by atoms with Crippen LogP contribution in [0.15, 0.2) is 121 Å². The van der Waals surface area contributed by atoms with Gasteiger partial charge in [-0.1, -0.05) is 0 Å². The lowest BCUT2D eigenvalue weighted by atomic mass is 9.97. The largest absolute Gasteiger partial charge is 0.504 e. The van der Waals surface area contributed by atoms with Crippen LogP contribution in [0.3, 0.4) is 0 Å². The number of benzene rings is 10. The average Bonchev–Trinajstić information content (AvgIpc) is 0.764. The molecule has 11 rings (SSSR count). The quantitative estimate of drug-likeness (QED) is 0.0198. The molecule has 46 nitrogen and oxygen atoms in total. The molecule has 1 unspecified atom stereocenters. The number of ether oxygens (including phenoxy) is 11. The van der Waals surface area contributed by atoms with Gasteiger partial charge in [-0.15, -0.1) is 0 Å². The summed E-state index contributed by atoms with van der Waals surface area (Å²) in [6.45, 7) is -1.71. The van der Waals surface area contributed by atoms with Crippen LogP contribution in [-0.4, -0.2) is 225 Å². The zero-order valence-electron chi connectivity index (χ0n) is 59.9. The predicted molar refractivity (Wildman–Crippen MR) is 383 cm³/mol. The van der Waals surface area contributed by atoms with Gasteiger partial charge in [0, 0.05) is 0 Å². The van der Waals surface area contributed by atoms with Crippen LogP contribution in [0.25, 0.3) is 0 Å². The molecule has 10 aromatic carbocycles. The molecule has 1 aliphatic heterocycles. The van der Waals surface area contributed by atoms with Crippen molar-refractivity contribution in [3.63, 3.8) is 0 Å². The Labute approximate surface area is 671 Å². The molecule has 10 aromatic rings. The van der Waals surface area contributed by atoms with Crippen molar-refractivity contribution in [3.8, 4) is 172 Å². The highest BCUT2D eigenvalue weighted by molar-refractivity contribution is 6.00. The van der Waals surface area contributed by atoms with Gasteiger partial charge in [-0.2, -0.15) is 0 Å². The van der Waals surface area contributed by atoms with Crippen LogP contribution in [0.4, 0.5) is 0 Å². The number of hydrogen-bond acceptors (Lipinski definition) is 46. The van der Waals surface area contributed by atoms with Gasteiger partial charge in [0.05, 0.1) is 55.6 Å². The summed E-state index contributed by atoms with van der Waals surface area (Å²) in [5.74, 6) is -56.0. The third-order valence-electron chi connectivity index (χ3n) is 16.9. The maximum Gasteiger partial charge on any atom is 0.343 e. The molecule has 0 aromatic heterocycles. The molecule has 1 saturated heterocycles. The Morgan fingerprint density at radius 2 is 0.377 bits per heavy atom. The number of esters is 10. The second-order valence-corrected chi connectivity index (χ2v) is 25.1. The Balaban J connectivity index is 1.09. The van der Waals surface area contributed by atoms with Crippen LogP contribution < -0.4 is 23.7 Å². The summed E-state index contributed by atoms with van der Waals surface area (Å²) >= 11 is 0. The Bertz CT molecular complexity index is 5970. The third kappa shape index (κ3) is 17.6. The maximum atomic E-state index is 15.3. The molecule has 5 atom stereocenters. The van der Waals surface area contributed by atoms with Crippen molar-refractivity contribution in [2.75, 3.05) is 6.61 Å². The Morgan fingerprint density at radius 3 is 0.598 bits per heavy atom. The number of carbonyl (C=O) groups excluding carboxylic acids is 10. The van der Waals surface area contributed by atoms with E-state index < -0.39 is 325 Å². The number of hydrogen-bond donors (Lipinski definition) is 25. The fourth-order valence-electron chi connectivity index (χ4n) is 10.8. The summed E-state index contributed by atoms with van der Waals surface area (Å²) < 4.78 is 60.4. The molecule has 0 amide bonds. The Hall–Kier alpha value is -18.1. The molecule has 46 heteroatoms. The molecular weight excluding hydrogens is 1650 g/mol. The number of aromatic hydroxyl groups is 25. The third-order valence-corrected chi connectivity index (χ3v) is 16.9. The van der Waals surface area contributed by atoms with Gasteiger partial charge in [0.1, 0.15) is 12.7 Å². The van der Waals surface area contributed by atoms with Gasteiger partial charge in [0.15, 0.2) is 156 Å². The van der Waals surface area contributed by atoms with Crippen LogP contribution in [0.1, 0.15) is 104 Å². The van der Waals surface area contributed by atoms with Crippen LogP contribution in [-0.2, 0) is 28.4 Å². The van der Waals surface area contributed by atoms with Crippen LogP contribution >= 0.6 is 0 Å². The van der Waals surface area contributed by atoms with Gasteiger partial charge in [0.25, 0.3) is 0 Å². The maximum absolute atomic E-state index is 15.3. The van der Waals surface area contributed by atoms with E-state index in [1.165, 1.54) is 0 Å². The highest BCUT2D eigenvalue weighted by Gasteiger charge is 2.55. The van der Waals surface area contributed by atoms with Crippen molar-refractivity contribution in [1.29, 1.82) is 0 Å². The zero-order valence-corrected chi connectivity index (χ0v) is 59.9. The minimum atomic E-state index is -3.12.